The van der Waals surface area contributed by atoms with Crippen molar-refractivity contribution in [1.29, 1.82) is 0 Å². The summed E-state index contributed by atoms with van der Waals surface area (Å²) in [4.78, 5) is 19.3. The Bertz CT molecular complexity index is 1190. The molecule has 1 amide bonds. The number of methoxy groups -OCH3 is 1. The molecule has 1 aliphatic rings. The van der Waals surface area contributed by atoms with Gasteiger partial charge in [0.25, 0.3) is 5.91 Å². The number of aromatic nitrogens is 1. The highest BCUT2D eigenvalue weighted by molar-refractivity contribution is 7.21. The maximum Gasteiger partial charge on any atom is 0.264 e. The lowest BCUT2D eigenvalue weighted by molar-refractivity contribution is 0.0713. The zero-order chi connectivity index (χ0) is 20.7. The summed E-state index contributed by atoms with van der Waals surface area (Å²) in [7, 11) is 1.57. The third kappa shape index (κ3) is 3.30. The maximum absolute atomic E-state index is 14.4. The summed E-state index contributed by atoms with van der Waals surface area (Å²) in [6.07, 6.45) is 1.83. The molecule has 2 aromatic heterocycles. The number of para-hydroxylation sites is 1. The molecule has 0 spiro atoms. The molecule has 0 saturated carbocycles. The Labute approximate surface area is 178 Å². The minimum Gasteiger partial charge on any atom is -0.380 e. The first kappa shape index (κ1) is 19.3. The van der Waals surface area contributed by atoms with E-state index in [9.17, 15) is 9.18 Å². The number of hydrogen-bond acceptors (Lipinski definition) is 3. The Hall–Kier alpha value is -2.70. The molecule has 3 heterocycles. The number of ether oxygens (including phenoxy) is 1. The molecule has 0 radical (unpaired) electrons. The fraction of sp³-hybridized carbons (Fsp3) is 0.292. The number of carbonyl (C=O) groups is 1. The van der Waals surface area contributed by atoms with Crippen molar-refractivity contribution in [3.8, 4) is 0 Å². The van der Waals surface area contributed by atoms with Gasteiger partial charge < -0.3 is 14.6 Å². The molecular formula is C24H23FN2O2S. The number of amides is 1. The number of H-pyrrole nitrogens is 1. The van der Waals surface area contributed by atoms with Crippen molar-refractivity contribution >= 4 is 38.2 Å². The Morgan fingerprint density at radius 2 is 2.00 bits per heavy atom. The van der Waals surface area contributed by atoms with E-state index < -0.39 is 0 Å². The molecule has 154 valence electrons. The SMILES string of the molecule is COCc1c(C(=O)N2CCC(c3cc4ccccc4[nH]3)CC2)sc2cccc(F)c12. The number of carbonyl (C=O) groups excluding carboxylic acids is 1. The first-order valence-corrected chi connectivity index (χ1v) is 11.0. The summed E-state index contributed by atoms with van der Waals surface area (Å²) in [6, 6.07) is 15.5. The molecule has 30 heavy (non-hydrogen) atoms. The van der Waals surface area contributed by atoms with Crippen LogP contribution < -0.4 is 0 Å². The van der Waals surface area contributed by atoms with Gasteiger partial charge in [-0.05, 0) is 42.5 Å². The molecule has 5 rings (SSSR count). The quantitative estimate of drug-likeness (QED) is 0.459. The molecule has 2 aromatic carbocycles. The average Bonchev–Trinajstić information content (AvgIpc) is 3.36. The average molecular weight is 423 g/mol. The lowest BCUT2D eigenvalue weighted by Gasteiger charge is -2.31. The monoisotopic (exact) mass is 422 g/mol. The topological polar surface area (TPSA) is 45.3 Å². The van der Waals surface area contributed by atoms with Gasteiger partial charge in [0.15, 0.2) is 0 Å². The van der Waals surface area contributed by atoms with Gasteiger partial charge >= 0.3 is 0 Å². The van der Waals surface area contributed by atoms with Gasteiger partial charge in [-0.2, -0.15) is 0 Å². The lowest BCUT2D eigenvalue weighted by atomic mass is 9.93. The number of likely N-dealkylation sites (tertiary alicyclic amines) is 1. The number of rotatable bonds is 4. The second kappa shape index (κ2) is 7.85. The van der Waals surface area contributed by atoms with Crippen molar-refractivity contribution in [1.82, 2.24) is 9.88 Å². The van der Waals surface area contributed by atoms with E-state index in [1.165, 1.54) is 28.5 Å². The zero-order valence-electron chi connectivity index (χ0n) is 16.8. The van der Waals surface area contributed by atoms with Crippen LogP contribution in [0.3, 0.4) is 0 Å². The van der Waals surface area contributed by atoms with Crippen molar-refractivity contribution in [2.24, 2.45) is 0 Å². The van der Waals surface area contributed by atoms with Gasteiger partial charge in [0.1, 0.15) is 5.82 Å². The molecule has 1 fully saturated rings. The van der Waals surface area contributed by atoms with Gasteiger partial charge in [0, 0.05) is 53.0 Å². The molecule has 6 heteroatoms. The van der Waals surface area contributed by atoms with Crippen LogP contribution in [0.25, 0.3) is 21.0 Å². The zero-order valence-corrected chi connectivity index (χ0v) is 17.6. The van der Waals surface area contributed by atoms with E-state index in [0.717, 1.165) is 23.1 Å². The van der Waals surface area contributed by atoms with E-state index in [1.807, 2.05) is 23.1 Å². The van der Waals surface area contributed by atoms with Gasteiger partial charge in [0.2, 0.25) is 0 Å². The van der Waals surface area contributed by atoms with Gasteiger partial charge in [-0.25, -0.2) is 4.39 Å². The van der Waals surface area contributed by atoms with Gasteiger partial charge in [-0.1, -0.05) is 24.3 Å². The van der Waals surface area contributed by atoms with E-state index >= 15 is 0 Å². The molecule has 0 atom stereocenters. The smallest absolute Gasteiger partial charge is 0.264 e. The van der Waals surface area contributed by atoms with Crippen molar-refractivity contribution in [3.63, 3.8) is 0 Å². The number of aromatic amines is 1. The van der Waals surface area contributed by atoms with Gasteiger partial charge in [-0.3, -0.25) is 4.79 Å². The third-order valence-corrected chi connectivity index (χ3v) is 7.20. The fourth-order valence-corrected chi connectivity index (χ4v) is 5.66. The third-order valence-electron chi connectivity index (χ3n) is 6.02. The first-order valence-electron chi connectivity index (χ1n) is 10.2. The molecular weight excluding hydrogens is 399 g/mol. The number of nitrogens with one attached hydrogen (secondary N) is 1. The highest BCUT2D eigenvalue weighted by Gasteiger charge is 2.29. The summed E-state index contributed by atoms with van der Waals surface area (Å²) in [6.45, 7) is 1.62. The largest absolute Gasteiger partial charge is 0.380 e. The van der Waals surface area contributed by atoms with Crippen LogP contribution in [0.1, 0.15) is 39.7 Å². The van der Waals surface area contributed by atoms with E-state index in [4.69, 9.17) is 4.74 Å². The van der Waals surface area contributed by atoms with Crippen LogP contribution in [-0.4, -0.2) is 36.0 Å². The number of thiophene rings is 1. The molecule has 4 nitrogen and oxygen atoms in total. The van der Waals surface area contributed by atoms with Crippen LogP contribution in [0.4, 0.5) is 4.39 Å². The highest BCUT2D eigenvalue weighted by Crippen LogP contribution is 2.36. The number of nitrogens with zero attached hydrogens (tertiary/aromatic N) is 1. The maximum atomic E-state index is 14.4. The first-order chi connectivity index (χ1) is 14.7. The second-order valence-corrected chi connectivity index (χ2v) is 8.89. The number of fused-ring (bicyclic) bond motifs is 2. The normalized spacial score (nSPS) is 15.3. The van der Waals surface area contributed by atoms with Crippen molar-refractivity contribution < 1.29 is 13.9 Å². The van der Waals surface area contributed by atoms with Gasteiger partial charge in [-0.15, -0.1) is 11.3 Å². The highest BCUT2D eigenvalue weighted by atomic mass is 32.1. The minimum atomic E-state index is -0.299. The fourth-order valence-electron chi connectivity index (χ4n) is 4.48. The van der Waals surface area contributed by atoms with Crippen molar-refractivity contribution in [2.45, 2.75) is 25.4 Å². The molecule has 0 unspecified atom stereocenters. The Kier molecular flexibility index (Phi) is 5.05. The van der Waals surface area contributed by atoms with E-state index in [2.05, 4.69) is 23.2 Å². The summed E-state index contributed by atoms with van der Waals surface area (Å²) in [5.41, 5.74) is 3.06. The van der Waals surface area contributed by atoms with E-state index in [-0.39, 0.29) is 18.3 Å². The number of hydrogen-bond donors (Lipinski definition) is 1. The van der Waals surface area contributed by atoms with Crippen LogP contribution in [0, 0.1) is 5.82 Å². The van der Waals surface area contributed by atoms with E-state index in [0.29, 0.717) is 34.8 Å². The van der Waals surface area contributed by atoms with Crippen LogP contribution in [0.5, 0.6) is 0 Å². The Morgan fingerprint density at radius 1 is 1.20 bits per heavy atom. The minimum absolute atomic E-state index is 0.0160. The van der Waals surface area contributed by atoms with Crippen LogP contribution in [-0.2, 0) is 11.3 Å². The molecule has 0 aliphatic carbocycles. The molecule has 1 saturated heterocycles. The standard InChI is InChI=1S/C24H23FN2O2S/c1-29-14-17-22-18(25)6-4-8-21(22)30-23(17)24(28)27-11-9-15(10-12-27)20-13-16-5-2-3-7-19(16)26-20/h2-8,13,15,26H,9-12,14H2,1H3. The summed E-state index contributed by atoms with van der Waals surface area (Å²) < 4.78 is 20.5. The molecule has 1 aliphatic heterocycles. The number of benzene rings is 2. The molecule has 0 bridgehead atoms. The second-order valence-electron chi connectivity index (χ2n) is 7.83. The summed E-state index contributed by atoms with van der Waals surface area (Å²) in [5, 5.41) is 1.74. The molecule has 4 aromatic rings. The van der Waals surface area contributed by atoms with Crippen molar-refractivity contribution in [2.75, 3.05) is 20.2 Å². The Morgan fingerprint density at radius 3 is 2.77 bits per heavy atom. The number of halogens is 1. The van der Waals surface area contributed by atoms with Crippen LogP contribution in [0.2, 0.25) is 0 Å². The predicted molar refractivity (Wildman–Crippen MR) is 119 cm³/mol. The Balaban J connectivity index is 1.37. The van der Waals surface area contributed by atoms with E-state index in [1.54, 1.807) is 13.2 Å². The molecule has 1 N–H and O–H groups in total. The summed E-state index contributed by atoms with van der Waals surface area (Å²) in [5.74, 6) is 0.102. The van der Waals surface area contributed by atoms with Crippen LogP contribution >= 0.6 is 11.3 Å². The predicted octanol–water partition coefficient (Wildman–Crippen LogP) is 5.69. The number of piperidine rings is 1. The summed E-state index contributed by atoms with van der Waals surface area (Å²) >= 11 is 1.36. The van der Waals surface area contributed by atoms with Crippen LogP contribution in [0.15, 0.2) is 48.5 Å². The lowest BCUT2D eigenvalue weighted by Crippen LogP contribution is -2.38. The van der Waals surface area contributed by atoms with Gasteiger partial charge in [0.05, 0.1) is 11.5 Å². The van der Waals surface area contributed by atoms with Crippen molar-refractivity contribution in [3.05, 3.63) is 70.5 Å².